The average molecular weight is 373 g/mol. The van der Waals surface area contributed by atoms with E-state index in [0.717, 1.165) is 29.2 Å². The van der Waals surface area contributed by atoms with Gasteiger partial charge in [-0.15, -0.1) is 0 Å². The maximum atomic E-state index is 12.3. The molecule has 23 heavy (non-hydrogen) atoms. The number of hydrogen-bond donors (Lipinski definition) is 1. The number of benzene rings is 2. The molecule has 3 nitrogen and oxygen atoms in total. The first-order valence-electron chi connectivity index (χ1n) is 8.04. The second kappa shape index (κ2) is 7.18. The van der Waals surface area contributed by atoms with Crippen molar-refractivity contribution in [3.63, 3.8) is 0 Å². The van der Waals surface area contributed by atoms with Gasteiger partial charge in [-0.3, -0.25) is 4.79 Å². The number of halogens is 1. The van der Waals surface area contributed by atoms with E-state index in [4.69, 9.17) is 0 Å². The molecule has 1 heterocycles. The lowest BCUT2D eigenvalue weighted by Crippen LogP contribution is -2.34. The molecule has 4 heteroatoms. The van der Waals surface area contributed by atoms with Gasteiger partial charge in [-0.1, -0.05) is 28.9 Å². The molecule has 0 aromatic heterocycles. The van der Waals surface area contributed by atoms with E-state index in [1.54, 1.807) is 0 Å². The van der Waals surface area contributed by atoms with E-state index in [1.165, 1.54) is 18.5 Å². The lowest BCUT2D eigenvalue weighted by molar-refractivity contribution is 0.102. The third-order valence-corrected chi connectivity index (χ3v) is 4.73. The normalized spacial score (nSPS) is 17.8. The van der Waals surface area contributed by atoms with Crippen molar-refractivity contribution in [3.8, 4) is 0 Å². The molecule has 0 saturated carbocycles. The molecule has 2 aromatic rings. The minimum atomic E-state index is -0.0920. The monoisotopic (exact) mass is 372 g/mol. The molecule has 120 valence electrons. The van der Waals surface area contributed by atoms with Crippen LogP contribution in [-0.2, 0) is 0 Å². The summed E-state index contributed by atoms with van der Waals surface area (Å²) in [6.45, 7) is 4.54. The Hall–Kier alpha value is -1.81. The summed E-state index contributed by atoms with van der Waals surface area (Å²) < 4.78 is 0.903. The topological polar surface area (TPSA) is 32.3 Å². The van der Waals surface area contributed by atoms with Crippen LogP contribution in [0.3, 0.4) is 0 Å². The summed E-state index contributed by atoms with van der Waals surface area (Å²) in [6.07, 6.45) is 2.57. The quantitative estimate of drug-likeness (QED) is 0.827. The van der Waals surface area contributed by atoms with Gasteiger partial charge in [0.25, 0.3) is 5.91 Å². The molecular formula is C19H21BrN2O. The van der Waals surface area contributed by atoms with Crippen LogP contribution in [0.25, 0.3) is 0 Å². The van der Waals surface area contributed by atoms with Gasteiger partial charge in [-0.05, 0) is 61.2 Å². The van der Waals surface area contributed by atoms with Crippen LogP contribution in [0, 0.1) is 5.92 Å². The van der Waals surface area contributed by atoms with Gasteiger partial charge in [0.1, 0.15) is 0 Å². The highest BCUT2D eigenvalue weighted by Crippen LogP contribution is 2.24. The van der Waals surface area contributed by atoms with Crippen LogP contribution in [-0.4, -0.2) is 19.0 Å². The number of amides is 1. The van der Waals surface area contributed by atoms with Crippen molar-refractivity contribution < 1.29 is 4.79 Å². The van der Waals surface area contributed by atoms with E-state index in [-0.39, 0.29) is 5.91 Å². The SMILES string of the molecule is CC1CCCN(c2ccc(NC(=O)c3cccc(Br)c3)cc2)C1. The van der Waals surface area contributed by atoms with E-state index in [1.807, 2.05) is 36.4 Å². The third kappa shape index (κ3) is 4.14. The molecule has 1 amide bonds. The molecule has 1 fully saturated rings. The first kappa shape index (κ1) is 16.1. The van der Waals surface area contributed by atoms with Crippen LogP contribution in [0.2, 0.25) is 0 Å². The van der Waals surface area contributed by atoms with Crippen LogP contribution < -0.4 is 10.2 Å². The van der Waals surface area contributed by atoms with Gasteiger partial charge in [0.15, 0.2) is 0 Å². The zero-order chi connectivity index (χ0) is 16.2. The molecule has 0 bridgehead atoms. The first-order chi connectivity index (χ1) is 11.1. The summed E-state index contributed by atoms with van der Waals surface area (Å²) in [5.74, 6) is 0.658. The predicted molar refractivity (Wildman–Crippen MR) is 99.1 cm³/mol. The highest BCUT2D eigenvalue weighted by atomic mass is 79.9. The van der Waals surface area contributed by atoms with E-state index in [2.05, 4.69) is 45.2 Å². The van der Waals surface area contributed by atoms with E-state index < -0.39 is 0 Å². The Morgan fingerprint density at radius 3 is 2.70 bits per heavy atom. The number of nitrogens with zero attached hydrogens (tertiary/aromatic N) is 1. The van der Waals surface area contributed by atoms with E-state index in [0.29, 0.717) is 5.56 Å². The number of hydrogen-bond acceptors (Lipinski definition) is 2. The highest BCUT2D eigenvalue weighted by Gasteiger charge is 2.16. The summed E-state index contributed by atoms with van der Waals surface area (Å²) in [5.41, 5.74) is 2.70. The summed E-state index contributed by atoms with van der Waals surface area (Å²) in [4.78, 5) is 14.7. The second-order valence-electron chi connectivity index (χ2n) is 6.20. The maximum absolute atomic E-state index is 12.3. The zero-order valence-corrected chi connectivity index (χ0v) is 14.8. The van der Waals surface area contributed by atoms with Gasteiger partial charge in [0.2, 0.25) is 0 Å². The van der Waals surface area contributed by atoms with Crippen molar-refractivity contribution >= 4 is 33.2 Å². The molecule has 3 rings (SSSR count). The van der Waals surface area contributed by atoms with Crippen LogP contribution in [0.1, 0.15) is 30.1 Å². The van der Waals surface area contributed by atoms with Crippen molar-refractivity contribution in [2.24, 2.45) is 5.92 Å². The molecule has 1 N–H and O–H groups in total. The Labute approximate surface area is 145 Å². The van der Waals surface area contributed by atoms with Crippen molar-refractivity contribution in [1.82, 2.24) is 0 Å². The van der Waals surface area contributed by atoms with Crippen LogP contribution in [0.5, 0.6) is 0 Å². The fourth-order valence-electron chi connectivity index (χ4n) is 3.01. The van der Waals surface area contributed by atoms with Crippen LogP contribution in [0.4, 0.5) is 11.4 Å². The number of anilines is 2. The Morgan fingerprint density at radius 2 is 2.00 bits per heavy atom. The minimum Gasteiger partial charge on any atom is -0.371 e. The van der Waals surface area contributed by atoms with Crippen molar-refractivity contribution in [1.29, 1.82) is 0 Å². The summed E-state index contributed by atoms with van der Waals surface area (Å²) in [5, 5.41) is 2.95. The summed E-state index contributed by atoms with van der Waals surface area (Å²) >= 11 is 3.39. The van der Waals surface area contributed by atoms with Crippen LogP contribution in [0.15, 0.2) is 53.0 Å². The predicted octanol–water partition coefficient (Wildman–Crippen LogP) is 4.94. The smallest absolute Gasteiger partial charge is 0.255 e. The molecule has 1 unspecified atom stereocenters. The molecule has 0 spiro atoms. The maximum Gasteiger partial charge on any atom is 0.255 e. The van der Waals surface area contributed by atoms with E-state index in [9.17, 15) is 4.79 Å². The van der Waals surface area contributed by atoms with Crippen LogP contribution >= 0.6 is 15.9 Å². The number of piperidine rings is 1. The van der Waals surface area contributed by atoms with Gasteiger partial charge in [0.05, 0.1) is 0 Å². The lowest BCUT2D eigenvalue weighted by Gasteiger charge is -2.32. The van der Waals surface area contributed by atoms with Crippen molar-refractivity contribution in [2.45, 2.75) is 19.8 Å². The van der Waals surface area contributed by atoms with E-state index >= 15 is 0 Å². The Kier molecular flexibility index (Phi) is 5.01. The van der Waals surface area contributed by atoms with Gasteiger partial charge in [-0.2, -0.15) is 0 Å². The standard InChI is InChI=1S/C19H21BrN2O/c1-14-4-3-11-22(13-14)18-9-7-17(8-10-18)21-19(23)15-5-2-6-16(20)12-15/h2,5-10,12,14H,3-4,11,13H2,1H3,(H,21,23). The van der Waals surface area contributed by atoms with Gasteiger partial charge < -0.3 is 10.2 Å². The minimum absolute atomic E-state index is 0.0920. The van der Waals surface area contributed by atoms with Crippen molar-refractivity contribution in [2.75, 3.05) is 23.3 Å². The van der Waals surface area contributed by atoms with Gasteiger partial charge in [0, 0.05) is 34.5 Å². The molecule has 0 radical (unpaired) electrons. The summed E-state index contributed by atoms with van der Waals surface area (Å²) in [7, 11) is 0. The van der Waals surface area contributed by atoms with Crippen molar-refractivity contribution in [3.05, 3.63) is 58.6 Å². The summed E-state index contributed by atoms with van der Waals surface area (Å²) in [6, 6.07) is 15.5. The molecule has 1 saturated heterocycles. The molecule has 1 atom stereocenters. The number of nitrogens with one attached hydrogen (secondary N) is 1. The van der Waals surface area contributed by atoms with Gasteiger partial charge >= 0.3 is 0 Å². The fourth-order valence-corrected chi connectivity index (χ4v) is 3.41. The largest absolute Gasteiger partial charge is 0.371 e. The first-order valence-corrected chi connectivity index (χ1v) is 8.83. The Balaban J connectivity index is 1.66. The molecule has 0 aliphatic carbocycles. The Bertz CT molecular complexity index is 684. The fraction of sp³-hybridized carbons (Fsp3) is 0.316. The third-order valence-electron chi connectivity index (χ3n) is 4.23. The second-order valence-corrected chi connectivity index (χ2v) is 7.12. The molecule has 1 aliphatic rings. The zero-order valence-electron chi connectivity index (χ0n) is 13.3. The average Bonchev–Trinajstić information content (AvgIpc) is 2.55. The molecule has 1 aliphatic heterocycles. The Morgan fingerprint density at radius 1 is 1.22 bits per heavy atom. The number of carbonyl (C=O) groups excluding carboxylic acids is 1. The molecular weight excluding hydrogens is 352 g/mol. The lowest BCUT2D eigenvalue weighted by atomic mass is 10.00. The molecule has 2 aromatic carbocycles. The number of carbonyl (C=O) groups is 1. The highest BCUT2D eigenvalue weighted by molar-refractivity contribution is 9.10. The number of rotatable bonds is 3. The van der Waals surface area contributed by atoms with Gasteiger partial charge in [-0.25, -0.2) is 0 Å².